The Bertz CT molecular complexity index is 636. The van der Waals surface area contributed by atoms with Gasteiger partial charge in [-0.05, 0) is 19.1 Å². The minimum Gasteiger partial charge on any atom is -0.495 e. The van der Waals surface area contributed by atoms with Gasteiger partial charge >= 0.3 is 0 Å². The molecule has 24 heavy (non-hydrogen) atoms. The third-order valence-electron chi connectivity index (χ3n) is 3.27. The Morgan fingerprint density at radius 3 is 2.88 bits per heavy atom. The van der Waals surface area contributed by atoms with E-state index in [4.69, 9.17) is 9.47 Å². The first-order valence-corrected chi connectivity index (χ1v) is 8.38. The summed E-state index contributed by atoms with van der Waals surface area (Å²) in [5, 5.41) is 5.50. The highest BCUT2D eigenvalue weighted by molar-refractivity contribution is 8.15. The van der Waals surface area contributed by atoms with Crippen LogP contribution < -0.4 is 15.4 Å². The van der Waals surface area contributed by atoms with Crippen LogP contribution in [0.15, 0.2) is 29.3 Å². The van der Waals surface area contributed by atoms with E-state index in [-0.39, 0.29) is 24.3 Å². The number of carbonyl (C=O) groups is 2. The van der Waals surface area contributed by atoms with E-state index < -0.39 is 5.25 Å². The second-order valence-electron chi connectivity index (χ2n) is 5.29. The summed E-state index contributed by atoms with van der Waals surface area (Å²) in [5.74, 6) is 0.113. The van der Waals surface area contributed by atoms with Crippen molar-refractivity contribution in [2.45, 2.75) is 24.6 Å². The van der Waals surface area contributed by atoms with Crippen molar-refractivity contribution in [2.75, 3.05) is 26.1 Å². The molecule has 2 amide bonds. The molecule has 0 radical (unpaired) electrons. The molecule has 7 nitrogen and oxygen atoms in total. The highest BCUT2D eigenvalue weighted by Gasteiger charge is 2.32. The van der Waals surface area contributed by atoms with Crippen molar-refractivity contribution in [1.82, 2.24) is 5.32 Å². The van der Waals surface area contributed by atoms with E-state index in [9.17, 15) is 9.59 Å². The molecule has 2 atom stereocenters. The van der Waals surface area contributed by atoms with Crippen LogP contribution in [0.1, 0.15) is 13.3 Å². The van der Waals surface area contributed by atoms with Crippen LogP contribution >= 0.6 is 11.8 Å². The fourth-order valence-electron chi connectivity index (χ4n) is 2.20. The molecular weight excluding hydrogens is 330 g/mol. The third-order valence-corrected chi connectivity index (χ3v) is 4.37. The number of hydrogen-bond donors (Lipinski definition) is 2. The molecule has 1 saturated heterocycles. The number of ether oxygens (including phenoxy) is 2. The molecule has 1 aromatic rings. The first kappa shape index (κ1) is 18.3. The average Bonchev–Trinajstić information content (AvgIpc) is 2.87. The largest absolute Gasteiger partial charge is 0.495 e. The number of rotatable bonds is 7. The van der Waals surface area contributed by atoms with Crippen LogP contribution in [0.3, 0.4) is 0 Å². The minimum absolute atomic E-state index is 0.0565. The zero-order chi connectivity index (χ0) is 17.5. The molecule has 0 unspecified atom stereocenters. The van der Waals surface area contributed by atoms with Crippen LogP contribution in [0.5, 0.6) is 5.75 Å². The molecule has 1 aliphatic heterocycles. The molecule has 1 aromatic carbocycles. The first-order chi connectivity index (χ1) is 11.5. The van der Waals surface area contributed by atoms with Gasteiger partial charge < -0.3 is 20.1 Å². The number of benzene rings is 1. The number of amides is 2. The van der Waals surface area contributed by atoms with Gasteiger partial charge in [-0.15, -0.1) is 0 Å². The Morgan fingerprint density at radius 1 is 1.42 bits per heavy atom. The van der Waals surface area contributed by atoms with Gasteiger partial charge in [0.2, 0.25) is 11.8 Å². The lowest BCUT2D eigenvalue weighted by molar-refractivity contribution is -0.122. The second kappa shape index (κ2) is 8.70. The van der Waals surface area contributed by atoms with Crippen molar-refractivity contribution in [3.8, 4) is 5.75 Å². The van der Waals surface area contributed by atoms with Crippen molar-refractivity contribution in [3.63, 3.8) is 0 Å². The Morgan fingerprint density at radius 2 is 2.17 bits per heavy atom. The van der Waals surface area contributed by atoms with E-state index in [1.54, 1.807) is 25.3 Å². The molecule has 1 heterocycles. The van der Waals surface area contributed by atoms with Gasteiger partial charge in [-0.1, -0.05) is 23.9 Å². The molecule has 2 rings (SSSR count). The summed E-state index contributed by atoms with van der Waals surface area (Å²) >= 11 is 1.26. The Kier molecular flexibility index (Phi) is 6.62. The standard InChI is InChI=1S/C16H21N3O4S/c1-10(9-22-2)17-16-19-15(21)13(24-16)8-14(20)18-11-6-4-5-7-12(11)23-3/h4-7,10,13H,8-9H2,1-3H3,(H,18,20)(H,17,19,21)/t10-,13-/m1/s1. The van der Waals surface area contributed by atoms with E-state index in [2.05, 4.69) is 15.6 Å². The number of aliphatic imine (C=N–C) groups is 1. The summed E-state index contributed by atoms with van der Waals surface area (Å²) < 4.78 is 10.2. The number of thioether (sulfide) groups is 1. The maximum Gasteiger partial charge on any atom is 0.240 e. The zero-order valence-electron chi connectivity index (χ0n) is 13.9. The van der Waals surface area contributed by atoms with Gasteiger partial charge in [0.25, 0.3) is 0 Å². The number of amidine groups is 1. The number of hydrogen-bond acceptors (Lipinski definition) is 6. The predicted molar refractivity (Wildman–Crippen MR) is 94.5 cm³/mol. The fourth-order valence-corrected chi connectivity index (χ4v) is 3.27. The molecule has 2 N–H and O–H groups in total. The maximum atomic E-state index is 12.2. The number of para-hydroxylation sites is 2. The van der Waals surface area contributed by atoms with Gasteiger partial charge in [0, 0.05) is 13.5 Å². The summed E-state index contributed by atoms with van der Waals surface area (Å²) in [6, 6.07) is 7.07. The van der Waals surface area contributed by atoms with Crippen molar-refractivity contribution in [3.05, 3.63) is 24.3 Å². The van der Waals surface area contributed by atoms with Crippen LogP contribution in [-0.2, 0) is 14.3 Å². The molecule has 0 aromatic heterocycles. The van der Waals surface area contributed by atoms with Crippen LogP contribution in [0.25, 0.3) is 0 Å². The number of nitrogens with zero attached hydrogens (tertiary/aromatic N) is 1. The van der Waals surface area contributed by atoms with Gasteiger partial charge in [0.05, 0.1) is 25.4 Å². The van der Waals surface area contributed by atoms with Crippen LogP contribution in [-0.4, -0.2) is 49.1 Å². The second-order valence-corrected chi connectivity index (χ2v) is 6.48. The van der Waals surface area contributed by atoms with Gasteiger partial charge in [-0.3, -0.25) is 14.6 Å². The highest BCUT2D eigenvalue weighted by Crippen LogP contribution is 2.26. The molecule has 0 bridgehead atoms. The molecule has 8 heteroatoms. The van der Waals surface area contributed by atoms with E-state index >= 15 is 0 Å². The Labute approximate surface area is 145 Å². The number of nitrogens with one attached hydrogen (secondary N) is 2. The van der Waals surface area contributed by atoms with Gasteiger partial charge in [0.15, 0.2) is 5.17 Å². The smallest absolute Gasteiger partial charge is 0.240 e. The lowest BCUT2D eigenvalue weighted by atomic mass is 10.2. The molecule has 1 aliphatic rings. The monoisotopic (exact) mass is 351 g/mol. The third kappa shape index (κ3) is 4.97. The molecule has 0 spiro atoms. The van der Waals surface area contributed by atoms with Crippen molar-refractivity contribution in [1.29, 1.82) is 0 Å². The number of methoxy groups -OCH3 is 2. The molecule has 0 saturated carbocycles. The van der Waals surface area contributed by atoms with Crippen LogP contribution in [0.4, 0.5) is 5.69 Å². The molecule has 0 aliphatic carbocycles. The van der Waals surface area contributed by atoms with Crippen LogP contribution in [0.2, 0.25) is 0 Å². The van der Waals surface area contributed by atoms with E-state index in [1.807, 2.05) is 13.0 Å². The van der Waals surface area contributed by atoms with Crippen molar-refractivity contribution in [2.24, 2.45) is 4.99 Å². The summed E-state index contributed by atoms with van der Waals surface area (Å²) in [6.07, 6.45) is 0.0617. The van der Waals surface area contributed by atoms with Crippen molar-refractivity contribution >= 4 is 34.4 Å². The SMILES string of the molecule is COC[C@@H](C)N=C1NC(=O)[C@@H](CC(=O)Nc2ccccc2OC)S1. The van der Waals surface area contributed by atoms with Crippen LogP contribution in [0, 0.1) is 0 Å². The van der Waals surface area contributed by atoms with Gasteiger partial charge in [-0.25, -0.2) is 0 Å². The predicted octanol–water partition coefficient (Wildman–Crippen LogP) is 1.65. The number of carbonyl (C=O) groups excluding carboxylic acids is 2. The fraction of sp³-hybridized carbons (Fsp3) is 0.438. The van der Waals surface area contributed by atoms with Crippen molar-refractivity contribution < 1.29 is 19.1 Å². The summed E-state index contributed by atoms with van der Waals surface area (Å²) in [7, 11) is 3.14. The molecule has 1 fully saturated rings. The topological polar surface area (TPSA) is 89.0 Å². The normalized spacial score (nSPS) is 19.9. The van der Waals surface area contributed by atoms with E-state index in [0.717, 1.165) is 0 Å². The van der Waals surface area contributed by atoms with E-state index in [1.165, 1.54) is 18.9 Å². The van der Waals surface area contributed by atoms with E-state index in [0.29, 0.717) is 23.2 Å². The molecule has 130 valence electrons. The lowest BCUT2D eigenvalue weighted by Crippen LogP contribution is -2.28. The highest BCUT2D eigenvalue weighted by atomic mass is 32.2. The quantitative estimate of drug-likeness (QED) is 0.780. The maximum absolute atomic E-state index is 12.2. The lowest BCUT2D eigenvalue weighted by Gasteiger charge is -2.10. The average molecular weight is 351 g/mol. The molecular formula is C16H21N3O4S. The zero-order valence-corrected chi connectivity index (χ0v) is 14.7. The minimum atomic E-state index is -0.492. The first-order valence-electron chi connectivity index (χ1n) is 7.50. The Hall–Kier alpha value is -2.06. The van der Waals surface area contributed by atoms with Gasteiger partial charge in [0.1, 0.15) is 11.0 Å². The number of anilines is 1. The summed E-state index contributed by atoms with van der Waals surface area (Å²) in [5.41, 5.74) is 0.580. The van der Waals surface area contributed by atoms with Gasteiger partial charge in [-0.2, -0.15) is 0 Å². The summed E-state index contributed by atoms with van der Waals surface area (Å²) in [4.78, 5) is 28.5. The summed E-state index contributed by atoms with van der Waals surface area (Å²) in [6.45, 7) is 2.36. The Balaban J connectivity index is 1.93.